The van der Waals surface area contributed by atoms with Gasteiger partial charge >= 0.3 is 0 Å². The summed E-state index contributed by atoms with van der Waals surface area (Å²) in [5.41, 5.74) is 0.832. The van der Waals surface area contributed by atoms with Gasteiger partial charge in [0.2, 0.25) is 0 Å². The minimum absolute atomic E-state index is 0.117. The molecule has 0 aliphatic heterocycles. The van der Waals surface area contributed by atoms with Crippen molar-refractivity contribution in [3.05, 3.63) is 34.6 Å². The number of methoxy groups -OCH3 is 1. The molecule has 0 saturated carbocycles. The second-order valence-electron chi connectivity index (χ2n) is 5.06. The lowest BCUT2D eigenvalue weighted by Crippen LogP contribution is -2.43. The van der Waals surface area contributed by atoms with E-state index in [-0.39, 0.29) is 18.0 Å². The van der Waals surface area contributed by atoms with Crippen molar-refractivity contribution in [1.82, 2.24) is 5.32 Å². The van der Waals surface area contributed by atoms with Gasteiger partial charge in [0.05, 0.1) is 6.10 Å². The van der Waals surface area contributed by atoms with Gasteiger partial charge in [0.1, 0.15) is 5.82 Å². The van der Waals surface area contributed by atoms with E-state index in [9.17, 15) is 4.39 Å². The number of hydrogen-bond acceptors (Lipinski definition) is 2. The molecule has 4 heteroatoms. The van der Waals surface area contributed by atoms with Crippen LogP contribution in [-0.4, -0.2) is 25.8 Å². The van der Waals surface area contributed by atoms with E-state index in [0.29, 0.717) is 11.4 Å². The predicted molar refractivity (Wildman–Crippen MR) is 82.9 cm³/mol. The largest absolute Gasteiger partial charge is 0.380 e. The average Bonchev–Trinajstić information content (AvgIpc) is 2.44. The van der Waals surface area contributed by atoms with Crippen LogP contribution in [0.5, 0.6) is 0 Å². The van der Waals surface area contributed by atoms with Crippen molar-refractivity contribution in [1.29, 1.82) is 0 Å². The van der Waals surface area contributed by atoms with E-state index >= 15 is 0 Å². The van der Waals surface area contributed by atoms with Crippen LogP contribution in [-0.2, 0) is 11.2 Å². The predicted octanol–water partition coefficient (Wildman–Crippen LogP) is 4.20. The molecule has 2 unspecified atom stereocenters. The van der Waals surface area contributed by atoms with Gasteiger partial charge in [-0.05, 0) is 49.6 Å². The third-order valence-electron chi connectivity index (χ3n) is 3.43. The highest BCUT2D eigenvalue weighted by Gasteiger charge is 2.21. The maximum atomic E-state index is 13.4. The van der Waals surface area contributed by atoms with E-state index in [1.54, 1.807) is 13.2 Å². The highest BCUT2D eigenvalue weighted by atomic mass is 35.5. The molecule has 2 atom stereocenters. The summed E-state index contributed by atoms with van der Waals surface area (Å²) in [5, 5.41) is 4.11. The molecule has 0 aliphatic rings. The lowest BCUT2D eigenvalue weighted by atomic mass is 9.98. The van der Waals surface area contributed by atoms with Crippen LogP contribution in [0.2, 0.25) is 5.02 Å². The summed E-state index contributed by atoms with van der Waals surface area (Å²) in [7, 11) is 1.73. The molecule has 0 bridgehead atoms. The number of ether oxygens (including phenoxy) is 1. The zero-order valence-corrected chi connectivity index (χ0v) is 13.3. The van der Waals surface area contributed by atoms with Crippen LogP contribution < -0.4 is 5.32 Å². The topological polar surface area (TPSA) is 21.3 Å². The molecular weight excluding hydrogens is 277 g/mol. The first-order valence-corrected chi connectivity index (χ1v) is 7.70. The molecule has 0 amide bonds. The van der Waals surface area contributed by atoms with E-state index in [1.807, 2.05) is 0 Å². The minimum Gasteiger partial charge on any atom is -0.380 e. The van der Waals surface area contributed by atoms with Crippen molar-refractivity contribution in [2.75, 3.05) is 13.7 Å². The van der Waals surface area contributed by atoms with Crippen LogP contribution in [0.3, 0.4) is 0 Å². The van der Waals surface area contributed by atoms with Gasteiger partial charge in [-0.15, -0.1) is 0 Å². The van der Waals surface area contributed by atoms with Crippen molar-refractivity contribution >= 4 is 11.6 Å². The Morgan fingerprint density at radius 2 is 2.05 bits per heavy atom. The zero-order valence-electron chi connectivity index (χ0n) is 12.6. The third-order valence-corrected chi connectivity index (χ3v) is 3.80. The molecule has 2 nitrogen and oxygen atoms in total. The Labute approximate surface area is 126 Å². The summed E-state index contributed by atoms with van der Waals surface area (Å²) in [6.07, 6.45) is 3.88. The summed E-state index contributed by atoms with van der Waals surface area (Å²) < 4.78 is 19.0. The van der Waals surface area contributed by atoms with Gasteiger partial charge in [-0.3, -0.25) is 0 Å². The van der Waals surface area contributed by atoms with Gasteiger partial charge in [-0.2, -0.15) is 0 Å². The SMILES string of the molecule is CCCNC(Cc1cc(F)ccc1Cl)C(CCC)OC. The molecule has 1 N–H and O–H groups in total. The van der Waals surface area contributed by atoms with Gasteiger partial charge in [0.25, 0.3) is 0 Å². The molecule has 20 heavy (non-hydrogen) atoms. The van der Waals surface area contributed by atoms with Crippen LogP contribution >= 0.6 is 11.6 Å². The van der Waals surface area contributed by atoms with Crippen LogP contribution in [0.4, 0.5) is 4.39 Å². The summed E-state index contributed by atoms with van der Waals surface area (Å²) in [6.45, 7) is 5.18. The first-order valence-electron chi connectivity index (χ1n) is 7.32. The van der Waals surface area contributed by atoms with Crippen LogP contribution in [0.15, 0.2) is 18.2 Å². The standard InChI is InChI=1S/C16H25ClFNO/c1-4-6-16(20-3)15(19-9-5-2)11-12-10-13(18)7-8-14(12)17/h7-8,10,15-16,19H,4-6,9,11H2,1-3H3. The maximum Gasteiger partial charge on any atom is 0.123 e. The molecule has 0 fully saturated rings. The first-order chi connectivity index (χ1) is 9.62. The molecule has 1 rings (SSSR count). The normalized spacial score (nSPS) is 14.2. The first kappa shape index (κ1) is 17.4. The van der Waals surface area contributed by atoms with Crippen molar-refractivity contribution in [3.8, 4) is 0 Å². The monoisotopic (exact) mass is 301 g/mol. The van der Waals surface area contributed by atoms with Gasteiger partial charge in [0.15, 0.2) is 0 Å². The number of hydrogen-bond donors (Lipinski definition) is 1. The van der Waals surface area contributed by atoms with E-state index in [2.05, 4.69) is 19.2 Å². The maximum absolute atomic E-state index is 13.4. The van der Waals surface area contributed by atoms with E-state index in [1.165, 1.54) is 12.1 Å². The fourth-order valence-electron chi connectivity index (χ4n) is 2.37. The lowest BCUT2D eigenvalue weighted by molar-refractivity contribution is 0.0609. The molecule has 1 aromatic rings. The van der Waals surface area contributed by atoms with Crippen molar-refractivity contribution < 1.29 is 9.13 Å². The Kier molecular flexibility index (Phi) is 8.12. The lowest BCUT2D eigenvalue weighted by Gasteiger charge is -2.27. The van der Waals surface area contributed by atoms with Crippen LogP contribution in [0, 0.1) is 5.82 Å². The van der Waals surface area contributed by atoms with Crippen LogP contribution in [0.25, 0.3) is 0 Å². The number of halogens is 2. The quantitative estimate of drug-likeness (QED) is 0.738. The Hall–Kier alpha value is -0.640. The molecule has 0 radical (unpaired) electrons. The van der Waals surface area contributed by atoms with Crippen molar-refractivity contribution in [2.45, 2.75) is 51.7 Å². The van der Waals surface area contributed by atoms with Gasteiger partial charge in [-0.1, -0.05) is 31.9 Å². The van der Waals surface area contributed by atoms with Crippen LogP contribution in [0.1, 0.15) is 38.7 Å². The number of benzene rings is 1. The summed E-state index contributed by atoms with van der Waals surface area (Å²) in [5.74, 6) is -0.247. The Balaban J connectivity index is 2.84. The molecule has 0 aliphatic carbocycles. The molecule has 0 heterocycles. The van der Waals surface area contributed by atoms with Gasteiger partial charge in [-0.25, -0.2) is 4.39 Å². The smallest absolute Gasteiger partial charge is 0.123 e. The van der Waals surface area contributed by atoms with E-state index in [0.717, 1.165) is 31.4 Å². The van der Waals surface area contributed by atoms with E-state index in [4.69, 9.17) is 16.3 Å². The summed E-state index contributed by atoms with van der Waals surface area (Å²) in [6, 6.07) is 4.67. The summed E-state index contributed by atoms with van der Waals surface area (Å²) in [4.78, 5) is 0. The number of nitrogens with one attached hydrogen (secondary N) is 1. The Morgan fingerprint density at radius 3 is 2.65 bits per heavy atom. The number of rotatable bonds is 9. The molecule has 0 aromatic heterocycles. The fraction of sp³-hybridized carbons (Fsp3) is 0.625. The summed E-state index contributed by atoms with van der Waals surface area (Å²) >= 11 is 6.16. The molecule has 114 valence electrons. The third kappa shape index (κ3) is 5.39. The Morgan fingerprint density at radius 1 is 1.30 bits per heavy atom. The molecule has 0 saturated heterocycles. The van der Waals surface area contributed by atoms with Crippen molar-refractivity contribution in [2.24, 2.45) is 0 Å². The van der Waals surface area contributed by atoms with Crippen molar-refractivity contribution in [3.63, 3.8) is 0 Å². The fourth-order valence-corrected chi connectivity index (χ4v) is 2.56. The van der Waals surface area contributed by atoms with E-state index < -0.39 is 0 Å². The second-order valence-corrected chi connectivity index (χ2v) is 5.47. The molecule has 1 aromatic carbocycles. The molecular formula is C16H25ClFNO. The van der Waals surface area contributed by atoms with Gasteiger partial charge < -0.3 is 10.1 Å². The second kappa shape index (κ2) is 9.32. The highest BCUT2D eigenvalue weighted by Crippen LogP contribution is 2.21. The van der Waals surface area contributed by atoms with Gasteiger partial charge in [0, 0.05) is 18.2 Å². The highest BCUT2D eigenvalue weighted by molar-refractivity contribution is 6.31. The zero-order chi connectivity index (χ0) is 15.0. The Bertz CT molecular complexity index is 400. The average molecular weight is 302 g/mol. The minimum atomic E-state index is -0.247. The molecule has 0 spiro atoms.